The van der Waals surface area contributed by atoms with Crippen LogP contribution in [0.4, 0.5) is 5.69 Å². The lowest BCUT2D eigenvalue weighted by atomic mass is 10.1. The Morgan fingerprint density at radius 3 is 2.79 bits per heavy atom. The number of nitrogens with two attached hydrogens (primary N) is 1. The number of ether oxygens (including phenoxy) is 1. The van der Waals surface area contributed by atoms with Crippen molar-refractivity contribution in [1.82, 2.24) is 0 Å². The molecular weight excluding hydrogens is 178 g/mol. The predicted octanol–water partition coefficient (Wildman–Crippen LogP) is 1.76. The second-order valence-corrected chi connectivity index (χ2v) is 2.93. The molecule has 0 unspecified atom stereocenters. The van der Waals surface area contributed by atoms with Gasteiger partial charge in [0.25, 0.3) is 0 Å². The Labute approximate surface area is 83.2 Å². The summed E-state index contributed by atoms with van der Waals surface area (Å²) in [6.45, 7) is 1.94. The van der Waals surface area contributed by atoms with Gasteiger partial charge in [-0.1, -0.05) is 12.1 Å². The quantitative estimate of drug-likeness (QED) is 0.440. The molecule has 0 bridgehead atoms. The van der Waals surface area contributed by atoms with Crippen molar-refractivity contribution in [2.24, 2.45) is 0 Å². The Balaban J connectivity index is 2.96. The molecule has 2 N–H and O–H groups in total. The maximum absolute atomic E-state index is 10.9. The van der Waals surface area contributed by atoms with Gasteiger partial charge >= 0.3 is 5.97 Å². The molecule has 0 aliphatic rings. The number of aryl methyl sites for hydroxylation is 1. The van der Waals surface area contributed by atoms with Crippen LogP contribution in [0.15, 0.2) is 24.3 Å². The van der Waals surface area contributed by atoms with Gasteiger partial charge in [0.2, 0.25) is 0 Å². The number of nitrogen functional groups attached to an aromatic ring is 1. The van der Waals surface area contributed by atoms with Crippen molar-refractivity contribution in [3.63, 3.8) is 0 Å². The highest BCUT2D eigenvalue weighted by molar-refractivity contribution is 5.88. The van der Waals surface area contributed by atoms with Crippen LogP contribution in [0, 0.1) is 6.92 Å². The number of hydrogen-bond donors (Lipinski definition) is 1. The van der Waals surface area contributed by atoms with Crippen LogP contribution in [0.5, 0.6) is 0 Å². The fourth-order valence-electron chi connectivity index (χ4n) is 1.15. The van der Waals surface area contributed by atoms with E-state index in [0.29, 0.717) is 5.69 Å². The molecule has 0 amide bonds. The average Bonchev–Trinajstić information content (AvgIpc) is 2.16. The highest BCUT2D eigenvalue weighted by Crippen LogP contribution is 2.17. The molecule has 74 valence electrons. The molecule has 0 fully saturated rings. The number of rotatable bonds is 2. The number of carbonyl (C=O) groups is 1. The van der Waals surface area contributed by atoms with Crippen LogP contribution >= 0.6 is 0 Å². The summed E-state index contributed by atoms with van der Waals surface area (Å²) in [5.41, 5.74) is 8.29. The number of methoxy groups -OCH3 is 1. The molecule has 0 aliphatic carbocycles. The van der Waals surface area contributed by atoms with E-state index in [9.17, 15) is 4.79 Å². The van der Waals surface area contributed by atoms with Crippen LogP contribution < -0.4 is 5.73 Å². The molecule has 1 aromatic carbocycles. The fraction of sp³-hybridized carbons (Fsp3) is 0.182. The van der Waals surface area contributed by atoms with Crippen molar-refractivity contribution in [3.05, 3.63) is 35.4 Å². The van der Waals surface area contributed by atoms with Gasteiger partial charge in [-0.2, -0.15) is 0 Å². The first-order chi connectivity index (χ1) is 6.65. The molecule has 0 saturated carbocycles. The van der Waals surface area contributed by atoms with Crippen molar-refractivity contribution in [2.45, 2.75) is 6.92 Å². The van der Waals surface area contributed by atoms with Crippen LogP contribution in [-0.4, -0.2) is 13.1 Å². The van der Waals surface area contributed by atoms with Gasteiger partial charge in [0.15, 0.2) is 0 Å². The molecular formula is C11H13NO2. The van der Waals surface area contributed by atoms with E-state index in [1.165, 1.54) is 13.2 Å². The Hall–Kier alpha value is -1.77. The number of esters is 1. The summed E-state index contributed by atoms with van der Waals surface area (Å²) < 4.78 is 4.49. The third-order valence-corrected chi connectivity index (χ3v) is 1.95. The minimum atomic E-state index is -0.382. The van der Waals surface area contributed by atoms with Crippen molar-refractivity contribution < 1.29 is 9.53 Å². The highest BCUT2D eigenvalue weighted by atomic mass is 16.5. The zero-order valence-corrected chi connectivity index (χ0v) is 8.28. The number of benzene rings is 1. The number of anilines is 1. The molecule has 0 radical (unpaired) electrons. The summed E-state index contributed by atoms with van der Waals surface area (Å²) in [5.74, 6) is -0.382. The zero-order chi connectivity index (χ0) is 10.6. The van der Waals surface area contributed by atoms with Gasteiger partial charge in [-0.15, -0.1) is 0 Å². The summed E-state index contributed by atoms with van der Waals surface area (Å²) in [5, 5.41) is 0. The van der Waals surface area contributed by atoms with Crippen molar-refractivity contribution in [2.75, 3.05) is 12.8 Å². The van der Waals surface area contributed by atoms with E-state index in [1.54, 1.807) is 12.1 Å². The van der Waals surface area contributed by atoms with Crippen molar-refractivity contribution in [1.29, 1.82) is 0 Å². The second kappa shape index (κ2) is 4.46. The lowest BCUT2D eigenvalue weighted by molar-refractivity contribution is -0.134. The maximum atomic E-state index is 10.9. The second-order valence-electron chi connectivity index (χ2n) is 2.93. The molecule has 0 saturated heterocycles. The third-order valence-electron chi connectivity index (χ3n) is 1.95. The van der Waals surface area contributed by atoms with E-state index in [4.69, 9.17) is 5.73 Å². The Morgan fingerprint density at radius 2 is 2.21 bits per heavy atom. The smallest absolute Gasteiger partial charge is 0.330 e. The van der Waals surface area contributed by atoms with E-state index >= 15 is 0 Å². The lowest BCUT2D eigenvalue weighted by Gasteiger charge is -2.03. The predicted molar refractivity (Wildman–Crippen MR) is 56.6 cm³/mol. The van der Waals surface area contributed by atoms with Gasteiger partial charge in [-0.3, -0.25) is 0 Å². The maximum Gasteiger partial charge on any atom is 0.330 e. The van der Waals surface area contributed by atoms with Crippen LogP contribution in [-0.2, 0) is 9.53 Å². The summed E-state index contributed by atoms with van der Waals surface area (Å²) >= 11 is 0. The monoisotopic (exact) mass is 191 g/mol. The van der Waals surface area contributed by atoms with Gasteiger partial charge < -0.3 is 10.5 Å². The molecule has 0 aromatic heterocycles. The molecule has 0 aliphatic heterocycles. The largest absolute Gasteiger partial charge is 0.466 e. The van der Waals surface area contributed by atoms with Crippen LogP contribution in [0.25, 0.3) is 6.08 Å². The third kappa shape index (κ3) is 2.36. The van der Waals surface area contributed by atoms with E-state index in [-0.39, 0.29) is 5.97 Å². The van der Waals surface area contributed by atoms with Crippen molar-refractivity contribution >= 4 is 17.7 Å². The lowest BCUT2D eigenvalue weighted by Crippen LogP contribution is -1.95. The first-order valence-electron chi connectivity index (χ1n) is 4.26. The molecule has 1 rings (SSSR count). The molecule has 3 heteroatoms. The summed E-state index contributed by atoms with van der Waals surface area (Å²) in [6.07, 6.45) is 3.02. The fourth-order valence-corrected chi connectivity index (χ4v) is 1.15. The highest BCUT2D eigenvalue weighted by Gasteiger charge is 1.99. The van der Waals surface area contributed by atoms with Crippen molar-refractivity contribution in [3.8, 4) is 0 Å². The van der Waals surface area contributed by atoms with E-state index in [2.05, 4.69) is 4.74 Å². The number of hydrogen-bond acceptors (Lipinski definition) is 3. The normalized spacial score (nSPS) is 10.4. The van der Waals surface area contributed by atoms with Gasteiger partial charge in [0.1, 0.15) is 0 Å². The number of carbonyl (C=O) groups excluding carboxylic acids is 1. The summed E-state index contributed by atoms with van der Waals surface area (Å²) in [7, 11) is 1.34. The van der Waals surface area contributed by atoms with Crippen LogP contribution in [0.2, 0.25) is 0 Å². The standard InChI is InChI=1S/C11H13NO2/c1-8-4-3-5-10(12)9(8)6-7-11(13)14-2/h3-7H,12H2,1-2H3. The Morgan fingerprint density at radius 1 is 1.50 bits per heavy atom. The zero-order valence-electron chi connectivity index (χ0n) is 8.28. The molecule has 0 spiro atoms. The molecule has 1 aromatic rings. The summed E-state index contributed by atoms with van der Waals surface area (Å²) in [6, 6.07) is 5.61. The van der Waals surface area contributed by atoms with E-state index in [0.717, 1.165) is 11.1 Å². The van der Waals surface area contributed by atoms with Gasteiger partial charge in [-0.25, -0.2) is 4.79 Å². The van der Waals surface area contributed by atoms with Crippen LogP contribution in [0.1, 0.15) is 11.1 Å². The summed E-state index contributed by atoms with van der Waals surface area (Å²) in [4.78, 5) is 10.9. The van der Waals surface area contributed by atoms with Crippen LogP contribution in [0.3, 0.4) is 0 Å². The van der Waals surface area contributed by atoms with Gasteiger partial charge in [0.05, 0.1) is 7.11 Å². The first kappa shape index (κ1) is 10.3. The van der Waals surface area contributed by atoms with E-state index in [1.807, 2.05) is 19.1 Å². The van der Waals surface area contributed by atoms with Gasteiger partial charge in [0, 0.05) is 17.3 Å². The topological polar surface area (TPSA) is 52.3 Å². The Bertz CT molecular complexity index is 349. The van der Waals surface area contributed by atoms with E-state index < -0.39 is 0 Å². The minimum Gasteiger partial charge on any atom is -0.466 e. The molecule has 0 atom stereocenters. The first-order valence-corrected chi connectivity index (χ1v) is 4.26. The minimum absolute atomic E-state index is 0.382. The SMILES string of the molecule is COC(=O)C=Cc1c(C)cccc1N. The Kier molecular flexibility index (Phi) is 3.29. The molecule has 14 heavy (non-hydrogen) atoms. The van der Waals surface area contributed by atoms with Gasteiger partial charge in [-0.05, 0) is 24.6 Å². The molecule has 0 heterocycles. The average molecular weight is 191 g/mol. The molecule has 3 nitrogen and oxygen atoms in total.